The van der Waals surface area contributed by atoms with E-state index >= 15 is 0 Å². The summed E-state index contributed by atoms with van der Waals surface area (Å²) in [4.78, 5) is 14.1. The monoisotopic (exact) mass is 331 g/mol. The Morgan fingerprint density at radius 2 is 2.26 bits per heavy atom. The van der Waals surface area contributed by atoms with Crippen LogP contribution in [0.2, 0.25) is 0 Å². The van der Waals surface area contributed by atoms with E-state index in [1.165, 1.54) is 12.3 Å². The number of nitrogens with one attached hydrogen (secondary N) is 1. The molecule has 0 aromatic carbocycles. The van der Waals surface area contributed by atoms with E-state index in [1.807, 2.05) is 13.8 Å². The highest BCUT2D eigenvalue weighted by Gasteiger charge is 2.22. The van der Waals surface area contributed by atoms with E-state index in [9.17, 15) is 15.2 Å². The predicted molar refractivity (Wildman–Crippen MR) is 77.2 cm³/mol. The average molecular weight is 332 g/mol. The van der Waals surface area contributed by atoms with Gasteiger partial charge in [-0.05, 0) is 35.2 Å². The Bertz CT molecular complexity index is 464. The summed E-state index contributed by atoms with van der Waals surface area (Å²) in [5.74, 6) is 0.861. The number of aromatic nitrogens is 1. The molecule has 2 N–H and O–H groups in total. The number of nitro groups is 1. The molecule has 0 aliphatic carbocycles. The van der Waals surface area contributed by atoms with Gasteiger partial charge in [0.05, 0.1) is 15.0 Å². The number of rotatable bonds is 6. The van der Waals surface area contributed by atoms with Crippen molar-refractivity contribution < 1.29 is 10.0 Å². The molecule has 1 aromatic rings. The van der Waals surface area contributed by atoms with Crippen LogP contribution in [0.25, 0.3) is 0 Å². The van der Waals surface area contributed by atoms with Crippen molar-refractivity contribution in [1.29, 1.82) is 0 Å². The molecule has 0 aliphatic heterocycles. The molecule has 1 heterocycles. The third-order valence-electron chi connectivity index (χ3n) is 2.52. The second kappa shape index (κ2) is 6.29. The first kappa shape index (κ1) is 15.8. The molecule has 6 nitrogen and oxygen atoms in total. The van der Waals surface area contributed by atoms with E-state index in [0.29, 0.717) is 29.2 Å². The summed E-state index contributed by atoms with van der Waals surface area (Å²) in [6, 6.07) is 1.38. The van der Waals surface area contributed by atoms with E-state index < -0.39 is 10.5 Å². The summed E-state index contributed by atoms with van der Waals surface area (Å²) < 4.78 is 0.502. The Kier molecular flexibility index (Phi) is 5.25. The smallest absolute Gasteiger partial charge is 0.288 e. The molecule has 19 heavy (non-hydrogen) atoms. The first-order valence-electron chi connectivity index (χ1n) is 5.97. The van der Waals surface area contributed by atoms with Crippen LogP contribution in [-0.4, -0.2) is 27.2 Å². The van der Waals surface area contributed by atoms with Gasteiger partial charge in [-0.3, -0.25) is 10.1 Å². The molecule has 0 spiro atoms. The van der Waals surface area contributed by atoms with Crippen LogP contribution in [0, 0.1) is 16.0 Å². The zero-order valence-corrected chi connectivity index (χ0v) is 12.8. The summed E-state index contributed by atoms with van der Waals surface area (Å²) in [7, 11) is 0. The van der Waals surface area contributed by atoms with Crippen LogP contribution >= 0.6 is 15.9 Å². The molecule has 1 aromatic heterocycles. The number of pyridine rings is 1. The second-order valence-corrected chi connectivity index (χ2v) is 6.08. The lowest BCUT2D eigenvalue weighted by Gasteiger charge is -2.26. The maximum atomic E-state index is 10.6. The molecule has 7 heteroatoms. The molecule has 1 atom stereocenters. The third kappa shape index (κ3) is 5.12. The first-order chi connectivity index (χ1) is 8.71. The van der Waals surface area contributed by atoms with E-state index in [4.69, 9.17) is 0 Å². The Morgan fingerprint density at radius 1 is 1.63 bits per heavy atom. The fourth-order valence-electron chi connectivity index (χ4n) is 1.88. The van der Waals surface area contributed by atoms with Gasteiger partial charge >= 0.3 is 0 Å². The van der Waals surface area contributed by atoms with Crippen molar-refractivity contribution in [2.75, 3.05) is 11.9 Å². The Hall–Kier alpha value is -1.21. The molecule has 0 saturated carbocycles. The highest BCUT2D eigenvalue weighted by atomic mass is 79.9. The van der Waals surface area contributed by atoms with Gasteiger partial charge in [0.1, 0.15) is 12.0 Å². The maximum absolute atomic E-state index is 10.6. The average Bonchev–Trinajstić information content (AvgIpc) is 2.25. The lowest BCUT2D eigenvalue weighted by atomic mass is 9.94. The molecule has 0 aliphatic rings. The van der Waals surface area contributed by atoms with Crippen LogP contribution in [-0.2, 0) is 0 Å². The summed E-state index contributed by atoms with van der Waals surface area (Å²) in [5.41, 5.74) is -0.928. The minimum atomic E-state index is -0.850. The van der Waals surface area contributed by atoms with Crippen LogP contribution < -0.4 is 5.32 Å². The molecule has 1 rings (SSSR count). The number of hydrogen-bond acceptors (Lipinski definition) is 5. The molecule has 1 unspecified atom stereocenters. The van der Waals surface area contributed by atoms with Crippen molar-refractivity contribution in [2.45, 2.75) is 32.8 Å². The van der Waals surface area contributed by atoms with Gasteiger partial charge in [-0.1, -0.05) is 13.8 Å². The van der Waals surface area contributed by atoms with Gasteiger partial charge in [-0.25, -0.2) is 4.98 Å². The van der Waals surface area contributed by atoms with Crippen molar-refractivity contribution in [3.8, 4) is 0 Å². The zero-order valence-electron chi connectivity index (χ0n) is 11.2. The van der Waals surface area contributed by atoms with E-state index in [0.717, 1.165) is 0 Å². The van der Waals surface area contributed by atoms with Crippen molar-refractivity contribution in [1.82, 2.24) is 4.98 Å². The topological polar surface area (TPSA) is 88.3 Å². The van der Waals surface area contributed by atoms with Gasteiger partial charge in [-0.2, -0.15) is 0 Å². The molecule has 0 amide bonds. The Labute approximate surface area is 120 Å². The first-order valence-corrected chi connectivity index (χ1v) is 6.77. The van der Waals surface area contributed by atoms with Gasteiger partial charge in [-0.15, -0.1) is 0 Å². The van der Waals surface area contributed by atoms with E-state index in [-0.39, 0.29) is 5.69 Å². The molecular weight excluding hydrogens is 314 g/mol. The minimum absolute atomic E-state index is 0.0774. The molecular formula is C12H18BrN3O3. The molecule has 0 saturated heterocycles. The molecule has 0 fully saturated rings. The maximum Gasteiger partial charge on any atom is 0.288 e. The van der Waals surface area contributed by atoms with Crippen molar-refractivity contribution in [2.24, 2.45) is 5.92 Å². The van der Waals surface area contributed by atoms with Gasteiger partial charge in [0, 0.05) is 12.6 Å². The molecule has 106 valence electrons. The van der Waals surface area contributed by atoms with Crippen molar-refractivity contribution in [3.63, 3.8) is 0 Å². The Balaban J connectivity index is 2.71. The lowest BCUT2D eigenvalue weighted by Crippen LogP contribution is -2.35. The fraction of sp³-hybridized carbons (Fsp3) is 0.583. The number of anilines is 1. The number of hydrogen-bond donors (Lipinski definition) is 2. The van der Waals surface area contributed by atoms with Gasteiger partial charge in [0.15, 0.2) is 0 Å². The summed E-state index contributed by atoms with van der Waals surface area (Å²) in [6.07, 6.45) is 1.84. The van der Waals surface area contributed by atoms with E-state index in [1.54, 1.807) is 6.92 Å². The van der Waals surface area contributed by atoms with Gasteiger partial charge in [0.2, 0.25) is 0 Å². The zero-order chi connectivity index (χ0) is 14.6. The highest BCUT2D eigenvalue weighted by molar-refractivity contribution is 9.10. The summed E-state index contributed by atoms with van der Waals surface area (Å²) in [6.45, 7) is 6.15. The Morgan fingerprint density at radius 3 is 2.74 bits per heavy atom. The van der Waals surface area contributed by atoms with Crippen LogP contribution in [0.15, 0.2) is 16.7 Å². The largest absolute Gasteiger partial charge is 0.388 e. The van der Waals surface area contributed by atoms with Crippen LogP contribution in [0.3, 0.4) is 0 Å². The quantitative estimate of drug-likeness (QED) is 0.618. The SMILES string of the molecule is CC(C)CC(C)(O)CNc1ncc([N+](=O)[O-])cc1Br. The number of nitrogens with zero attached hydrogens (tertiary/aromatic N) is 2. The second-order valence-electron chi connectivity index (χ2n) is 5.23. The fourth-order valence-corrected chi connectivity index (χ4v) is 2.36. The summed E-state index contributed by atoms with van der Waals surface area (Å²) >= 11 is 3.22. The molecule has 0 bridgehead atoms. The third-order valence-corrected chi connectivity index (χ3v) is 3.13. The van der Waals surface area contributed by atoms with Crippen molar-refractivity contribution >= 4 is 27.4 Å². The standard InChI is InChI=1S/C12H18BrN3O3/c1-8(2)5-12(3,17)7-15-11-10(13)4-9(6-14-11)16(18)19/h4,6,8,17H,5,7H2,1-3H3,(H,14,15). The van der Waals surface area contributed by atoms with Crippen LogP contribution in [0.4, 0.5) is 11.5 Å². The normalized spacial score (nSPS) is 14.2. The van der Waals surface area contributed by atoms with Crippen molar-refractivity contribution in [3.05, 3.63) is 26.9 Å². The van der Waals surface area contributed by atoms with Gasteiger partial charge in [0.25, 0.3) is 5.69 Å². The molecule has 0 radical (unpaired) electrons. The van der Waals surface area contributed by atoms with Crippen LogP contribution in [0.1, 0.15) is 27.2 Å². The minimum Gasteiger partial charge on any atom is -0.388 e. The lowest BCUT2D eigenvalue weighted by molar-refractivity contribution is -0.385. The van der Waals surface area contributed by atoms with E-state index in [2.05, 4.69) is 26.2 Å². The summed E-state index contributed by atoms with van der Waals surface area (Å²) in [5, 5.41) is 23.7. The number of aliphatic hydroxyl groups is 1. The highest BCUT2D eigenvalue weighted by Crippen LogP contribution is 2.25. The predicted octanol–water partition coefficient (Wildman–Crippen LogP) is 2.96. The van der Waals surface area contributed by atoms with Crippen LogP contribution in [0.5, 0.6) is 0 Å². The number of halogens is 1. The van der Waals surface area contributed by atoms with Gasteiger partial charge < -0.3 is 10.4 Å².